The van der Waals surface area contributed by atoms with Gasteiger partial charge in [-0.1, -0.05) is 13.3 Å². The summed E-state index contributed by atoms with van der Waals surface area (Å²) in [7, 11) is 0. The number of hydrogen-bond donors (Lipinski definition) is 0. The quantitative estimate of drug-likeness (QED) is 0.549. The fourth-order valence-electron chi connectivity index (χ4n) is 2.91. The number of pyridine rings is 2. The van der Waals surface area contributed by atoms with Gasteiger partial charge in [0.25, 0.3) is 0 Å². The lowest BCUT2D eigenvalue weighted by Crippen LogP contribution is -2.14. The van der Waals surface area contributed by atoms with Gasteiger partial charge in [0.05, 0.1) is 17.7 Å². The third kappa shape index (κ3) is 3.95. The molecule has 3 heterocycles. The maximum atomic E-state index is 13.3. The molecule has 0 amide bonds. The molecule has 0 unspecified atom stereocenters. The topological polar surface area (TPSA) is 47.3 Å². The standard InChI is InChI=1S/C18H15F6N3O/c1-2-3-4-11(28)7-10-9-27-15(25-10)6-5-12-13(17(19,20)21)8-14(18(22,23)24)26-16(12)27/h5-6,8-9H,2-4,7H2,1H3. The summed E-state index contributed by atoms with van der Waals surface area (Å²) in [6.45, 7) is 1.92. The van der Waals surface area contributed by atoms with Crippen LogP contribution in [0.2, 0.25) is 0 Å². The predicted octanol–water partition coefficient (Wildman–Crippen LogP) is 5.22. The fraction of sp³-hybridized carbons (Fsp3) is 0.389. The molecule has 28 heavy (non-hydrogen) atoms. The minimum Gasteiger partial charge on any atom is -0.299 e. The number of alkyl halides is 6. The average Bonchev–Trinajstić information content (AvgIpc) is 3.00. The molecule has 0 bridgehead atoms. The van der Waals surface area contributed by atoms with Crippen molar-refractivity contribution >= 4 is 22.5 Å². The third-order valence-electron chi connectivity index (χ3n) is 4.23. The number of ketones is 1. The molecule has 0 saturated heterocycles. The highest BCUT2D eigenvalue weighted by atomic mass is 19.4. The highest BCUT2D eigenvalue weighted by molar-refractivity contribution is 5.84. The minimum absolute atomic E-state index is 0.000279. The Labute approximate surface area is 155 Å². The van der Waals surface area contributed by atoms with E-state index in [0.29, 0.717) is 12.8 Å². The van der Waals surface area contributed by atoms with Crippen molar-refractivity contribution < 1.29 is 31.1 Å². The second-order valence-corrected chi connectivity index (χ2v) is 6.40. The number of Topliss-reactive ketones (excluding diaryl/α,β-unsaturated/α-hetero) is 1. The van der Waals surface area contributed by atoms with E-state index in [1.807, 2.05) is 6.92 Å². The number of fused-ring (bicyclic) bond motifs is 3. The van der Waals surface area contributed by atoms with Gasteiger partial charge >= 0.3 is 12.4 Å². The van der Waals surface area contributed by atoms with Gasteiger partial charge in [-0.25, -0.2) is 9.97 Å². The van der Waals surface area contributed by atoms with Crippen LogP contribution in [-0.2, 0) is 23.6 Å². The Morgan fingerprint density at radius 1 is 1.07 bits per heavy atom. The molecule has 0 N–H and O–H groups in total. The highest BCUT2D eigenvalue weighted by Gasteiger charge is 2.39. The van der Waals surface area contributed by atoms with E-state index < -0.39 is 34.6 Å². The van der Waals surface area contributed by atoms with Gasteiger partial charge in [0.1, 0.15) is 22.8 Å². The van der Waals surface area contributed by atoms with Gasteiger partial charge in [0.15, 0.2) is 0 Å². The Hall–Kier alpha value is -2.65. The zero-order chi connectivity index (χ0) is 20.7. The predicted molar refractivity (Wildman–Crippen MR) is 88.7 cm³/mol. The number of nitrogens with zero attached hydrogens (tertiary/aromatic N) is 3. The second kappa shape index (κ2) is 7.06. The first kappa shape index (κ1) is 20.1. The van der Waals surface area contributed by atoms with E-state index in [0.717, 1.165) is 16.9 Å². The number of rotatable bonds is 5. The summed E-state index contributed by atoms with van der Waals surface area (Å²) >= 11 is 0. The summed E-state index contributed by atoms with van der Waals surface area (Å²) in [5.74, 6) is -0.102. The Balaban J connectivity index is 2.18. The molecular weight excluding hydrogens is 388 g/mol. The number of carbonyl (C=O) groups excluding carboxylic acids is 1. The molecule has 0 radical (unpaired) electrons. The first-order valence-electron chi connectivity index (χ1n) is 8.48. The zero-order valence-electron chi connectivity index (χ0n) is 14.7. The second-order valence-electron chi connectivity index (χ2n) is 6.40. The molecule has 3 rings (SSSR count). The third-order valence-corrected chi connectivity index (χ3v) is 4.23. The zero-order valence-corrected chi connectivity index (χ0v) is 14.7. The SMILES string of the molecule is CCCCC(=O)Cc1cn2c(ccc3c(C(F)(F)F)cc(C(F)(F)F)nc32)n1. The van der Waals surface area contributed by atoms with Gasteiger partial charge in [0, 0.05) is 18.0 Å². The number of unbranched alkanes of at least 4 members (excludes halogenated alkanes) is 1. The maximum absolute atomic E-state index is 13.3. The Morgan fingerprint density at radius 2 is 1.79 bits per heavy atom. The van der Waals surface area contributed by atoms with Gasteiger partial charge < -0.3 is 0 Å². The van der Waals surface area contributed by atoms with Crippen LogP contribution in [0.25, 0.3) is 16.7 Å². The molecule has 0 atom stereocenters. The van der Waals surface area contributed by atoms with Crippen LogP contribution >= 0.6 is 0 Å². The van der Waals surface area contributed by atoms with Crippen LogP contribution in [0, 0.1) is 0 Å². The van der Waals surface area contributed by atoms with Crippen LogP contribution < -0.4 is 0 Å². The molecule has 0 fully saturated rings. The minimum atomic E-state index is -5.05. The fourth-order valence-corrected chi connectivity index (χ4v) is 2.91. The summed E-state index contributed by atoms with van der Waals surface area (Å²) in [5.41, 5.74) is -3.21. The molecule has 3 aromatic rings. The molecule has 0 spiro atoms. The summed E-state index contributed by atoms with van der Waals surface area (Å²) in [4.78, 5) is 19.5. The van der Waals surface area contributed by atoms with Crippen molar-refractivity contribution in [3.05, 3.63) is 41.3 Å². The first-order chi connectivity index (χ1) is 13.0. The van der Waals surface area contributed by atoms with Crippen LogP contribution in [0.5, 0.6) is 0 Å². The number of imidazole rings is 1. The van der Waals surface area contributed by atoms with Gasteiger partial charge in [-0.05, 0) is 24.6 Å². The van der Waals surface area contributed by atoms with Crippen molar-refractivity contribution in [2.24, 2.45) is 0 Å². The molecule has 0 aliphatic heterocycles. The smallest absolute Gasteiger partial charge is 0.299 e. The first-order valence-corrected chi connectivity index (χ1v) is 8.48. The van der Waals surface area contributed by atoms with Gasteiger partial charge in [0.2, 0.25) is 0 Å². The molecule has 3 aromatic heterocycles. The lowest BCUT2D eigenvalue weighted by Gasteiger charge is -2.14. The van der Waals surface area contributed by atoms with Crippen LogP contribution in [-0.4, -0.2) is 20.2 Å². The normalized spacial score (nSPS) is 12.8. The molecule has 0 aromatic carbocycles. The highest BCUT2D eigenvalue weighted by Crippen LogP contribution is 2.38. The number of hydrogen-bond acceptors (Lipinski definition) is 3. The summed E-state index contributed by atoms with van der Waals surface area (Å²) in [6, 6.07) is 2.29. The van der Waals surface area contributed by atoms with E-state index in [1.54, 1.807) is 0 Å². The maximum Gasteiger partial charge on any atom is 0.433 e. The lowest BCUT2D eigenvalue weighted by atomic mass is 10.1. The monoisotopic (exact) mass is 403 g/mol. The summed E-state index contributed by atoms with van der Waals surface area (Å²) in [5, 5.41) is -0.478. The molecule has 0 aliphatic rings. The van der Waals surface area contributed by atoms with Gasteiger partial charge in [-0.15, -0.1) is 0 Å². The summed E-state index contributed by atoms with van der Waals surface area (Å²) in [6.07, 6.45) is -6.97. The summed E-state index contributed by atoms with van der Waals surface area (Å²) < 4.78 is 80.2. The van der Waals surface area contributed by atoms with E-state index in [1.165, 1.54) is 12.3 Å². The largest absolute Gasteiger partial charge is 0.433 e. The number of aromatic nitrogens is 3. The van der Waals surface area contributed by atoms with Crippen LogP contribution in [0.3, 0.4) is 0 Å². The van der Waals surface area contributed by atoms with Crippen molar-refractivity contribution in [2.75, 3.05) is 0 Å². The molecular formula is C18H15F6N3O. The van der Waals surface area contributed by atoms with Crippen molar-refractivity contribution in [3.8, 4) is 0 Å². The van der Waals surface area contributed by atoms with Crippen LogP contribution in [0.15, 0.2) is 24.4 Å². The van der Waals surface area contributed by atoms with Gasteiger partial charge in [-0.3, -0.25) is 9.20 Å². The molecule has 150 valence electrons. The Bertz CT molecular complexity index is 1040. The number of carbonyl (C=O) groups is 1. The molecule has 0 aliphatic carbocycles. The van der Waals surface area contributed by atoms with E-state index in [-0.39, 0.29) is 29.6 Å². The van der Waals surface area contributed by atoms with Crippen molar-refractivity contribution in [1.82, 2.24) is 14.4 Å². The molecule has 4 nitrogen and oxygen atoms in total. The van der Waals surface area contributed by atoms with Crippen molar-refractivity contribution in [2.45, 2.75) is 45.0 Å². The van der Waals surface area contributed by atoms with Crippen LogP contribution in [0.4, 0.5) is 26.3 Å². The molecule has 10 heteroatoms. The van der Waals surface area contributed by atoms with E-state index in [2.05, 4.69) is 9.97 Å². The van der Waals surface area contributed by atoms with Crippen molar-refractivity contribution in [1.29, 1.82) is 0 Å². The molecule has 0 saturated carbocycles. The van der Waals surface area contributed by atoms with Crippen LogP contribution in [0.1, 0.15) is 43.1 Å². The lowest BCUT2D eigenvalue weighted by molar-refractivity contribution is -0.144. The van der Waals surface area contributed by atoms with E-state index in [9.17, 15) is 31.1 Å². The van der Waals surface area contributed by atoms with E-state index in [4.69, 9.17) is 0 Å². The van der Waals surface area contributed by atoms with Gasteiger partial charge in [-0.2, -0.15) is 26.3 Å². The van der Waals surface area contributed by atoms with Crippen molar-refractivity contribution in [3.63, 3.8) is 0 Å². The van der Waals surface area contributed by atoms with E-state index >= 15 is 0 Å². The number of halogens is 6. The Morgan fingerprint density at radius 3 is 2.39 bits per heavy atom. The Kier molecular flexibility index (Phi) is 5.07. The average molecular weight is 403 g/mol.